The molecule has 0 radical (unpaired) electrons. The number of alkyl carbamates (subject to hydrolysis) is 1. The minimum atomic E-state index is -2.89. The summed E-state index contributed by atoms with van der Waals surface area (Å²) in [5.74, 6) is 0.0164. The first-order valence-electron chi connectivity index (χ1n) is 8.79. The molecule has 0 spiro atoms. The molecule has 27 heavy (non-hydrogen) atoms. The number of oxazole rings is 1. The van der Waals surface area contributed by atoms with Gasteiger partial charge < -0.3 is 24.5 Å². The number of hydrogen-bond acceptors (Lipinski definition) is 6. The Hall–Kier alpha value is -2.58. The lowest BCUT2D eigenvalue weighted by atomic mass is 10.2. The quantitative estimate of drug-likeness (QED) is 0.801. The summed E-state index contributed by atoms with van der Waals surface area (Å²) in [4.78, 5) is 16.2. The zero-order valence-corrected chi connectivity index (χ0v) is 15.4. The van der Waals surface area contributed by atoms with Crippen LogP contribution < -0.4 is 15.4 Å². The maximum atomic E-state index is 12.3. The van der Waals surface area contributed by atoms with Crippen molar-refractivity contribution in [2.75, 3.05) is 5.32 Å². The number of amides is 1. The fourth-order valence-electron chi connectivity index (χ4n) is 3.04. The van der Waals surface area contributed by atoms with Gasteiger partial charge in [-0.1, -0.05) is 0 Å². The highest BCUT2D eigenvalue weighted by molar-refractivity contribution is 5.76. The van der Waals surface area contributed by atoms with Crippen LogP contribution in [0, 0.1) is 0 Å². The summed E-state index contributed by atoms with van der Waals surface area (Å²) in [7, 11) is 0. The molecular formula is C18H23F2N3O4. The molecular weight excluding hydrogens is 360 g/mol. The third-order valence-electron chi connectivity index (χ3n) is 4.07. The Morgan fingerprint density at radius 3 is 2.74 bits per heavy atom. The van der Waals surface area contributed by atoms with Crippen LogP contribution in [0.2, 0.25) is 0 Å². The number of aromatic nitrogens is 1. The van der Waals surface area contributed by atoms with Crippen molar-refractivity contribution in [1.82, 2.24) is 10.3 Å². The molecule has 1 fully saturated rings. The van der Waals surface area contributed by atoms with Crippen molar-refractivity contribution in [1.29, 1.82) is 0 Å². The van der Waals surface area contributed by atoms with Crippen LogP contribution in [0.25, 0.3) is 11.1 Å². The Bertz CT molecular complexity index is 803. The van der Waals surface area contributed by atoms with Crippen molar-refractivity contribution in [2.45, 2.75) is 64.3 Å². The molecule has 0 unspecified atom stereocenters. The smallest absolute Gasteiger partial charge is 0.407 e. The summed E-state index contributed by atoms with van der Waals surface area (Å²) < 4.78 is 39.8. The Morgan fingerprint density at radius 1 is 1.30 bits per heavy atom. The molecule has 2 N–H and O–H groups in total. The van der Waals surface area contributed by atoms with Gasteiger partial charge in [0.15, 0.2) is 5.58 Å². The largest absolute Gasteiger partial charge is 0.444 e. The first-order chi connectivity index (χ1) is 12.7. The van der Waals surface area contributed by atoms with Crippen molar-refractivity contribution >= 4 is 23.2 Å². The Balaban J connectivity index is 1.56. The van der Waals surface area contributed by atoms with Gasteiger partial charge in [-0.15, -0.1) is 0 Å². The third kappa shape index (κ3) is 5.45. The van der Waals surface area contributed by atoms with Gasteiger partial charge in [0.2, 0.25) is 0 Å². The van der Waals surface area contributed by atoms with Crippen LogP contribution in [0.15, 0.2) is 22.6 Å². The number of carbonyl (C=O) groups is 1. The molecule has 2 aromatic rings. The number of rotatable bonds is 5. The van der Waals surface area contributed by atoms with E-state index in [1.165, 1.54) is 12.1 Å². The van der Waals surface area contributed by atoms with Crippen LogP contribution in [0.3, 0.4) is 0 Å². The van der Waals surface area contributed by atoms with Gasteiger partial charge >= 0.3 is 12.7 Å². The standard InChI is InChI=1S/C18H23F2N3O4/c1-18(2,3)27-17(24)22-11-5-4-10(8-11)21-16-23-13-7-6-12(25-15(19)20)9-14(13)26-16/h6-7,9-11,15H,4-5,8H2,1-3H3,(H,21,23)(H,22,24)/t10-,11-/m0/s1. The van der Waals surface area contributed by atoms with Crippen LogP contribution in [0.1, 0.15) is 40.0 Å². The summed E-state index contributed by atoms with van der Waals surface area (Å²) >= 11 is 0. The van der Waals surface area contributed by atoms with Gasteiger partial charge in [-0.3, -0.25) is 0 Å². The minimum absolute atomic E-state index is 0.00720. The van der Waals surface area contributed by atoms with Gasteiger partial charge in [0.05, 0.1) is 0 Å². The van der Waals surface area contributed by atoms with Crippen LogP contribution in [0.5, 0.6) is 5.75 Å². The number of alkyl halides is 2. The molecule has 1 aromatic carbocycles. The number of fused-ring (bicyclic) bond motifs is 1. The van der Waals surface area contributed by atoms with E-state index in [1.807, 2.05) is 20.8 Å². The van der Waals surface area contributed by atoms with Crippen molar-refractivity contribution in [3.8, 4) is 5.75 Å². The summed E-state index contributed by atoms with van der Waals surface area (Å²) in [6.45, 7) is 2.56. The number of halogens is 2. The van der Waals surface area contributed by atoms with Gasteiger partial charge in [0.25, 0.3) is 6.01 Å². The van der Waals surface area contributed by atoms with E-state index >= 15 is 0 Å². The first kappa shape index (κ1) is 19.2. The monoisotopic (exact) mass is 383 g/mol. The number of nitrogens with one attached hydrogen (secondary N) is 2. The van der Waals surface area contributed by atoms with Gasteiger partial charge in [-0.25, -0.2) is 4.79 Å². The molecule has 2 atom stereocenters. The topological polar surface area (TPSA) is 85.6 Å². The fourth-order valence-corrected chi connectivity index (χ4v) is 3.04. The molecule has 0 bridgehead atoms. The summed E-state index contributed by atoms with van der Waals surface area (Å²) in [6.07, 6.45) is 1.92. The van der Waals surface area contributed by atoms with E-state index in [0.29, 0.717) is 23.5 Å². The molecule has 1 amide bonds. The Kier molecular flexibility index (Phi) is 5.38. The number of hydrogen-bond donors (Lipinski definition) is 2. The van der Waals surface area contributed by atoms with E-state index in [2.05, 4.69) is 20.4 Å². The number of benzene rings is 1. The van der Waals surface area contributed by atoms with E-state index in [1.54, 1.807) is 6.07 Å². The fraction of sp³-hybridized carbons (Fsp3) is 0.556. The molecule has 3 rings (SSSR count). The highest BCUT2D eigenvalue weighted by atomic mass is 19.3. The predicted octanol–water partition coefficient (Wildman–Crippen LogP) is 4.29. The van der Waals surface area contributed by atoms with E-state index in [0.717, 1.165) is 12.8 Å². The number of ether oxygens (including phenoxy) is 2. The molecule has 1 saturated carbocycles. The lowest BCUT2D eigenvalue weighted by Gasteiger charge is -2.21. The molecule has 148 valence electrons. The molecule has 1 aromatic heterocycles. The Morgan fingerprint density at radius 2 is 2.04 bits per heavy atom. The molecule has 1 aliphatic rings. The van der Waals surface area contributed by atoms with E-state index in [4.69, 9.17) is 9.15 Å². The van der Waals surface area contributed by atoms with Crippen LogP contribution in [-0.4, -0.2) is 35.4 Å². The van der Waals surface area contributed by atoms with Crippen molar-refractivity contribution in [3.05, 3.63) is 18.2 Å². The first-order valence-corrected chi connectivity index (χ1v) is 8.79. The SMILES string of the molecule is CC(C)(C)OC(=O)N[C@H]1CC[C@H](Nc2nc3ccc(OC(F)F)cc3o2)C1. The molecule has 0 saturated heterocycles. The molecule has 1 heterocycles. The van der Waals surface area contributed by atoms with Crippen LogP contribution in [-0.2, 0) is 4.74 Å². The summed E-state index contributed by atoms with van der Waals surface area (Å²) in [6, 6.07) is 4.74. The van der Waals surface area contributed by atoms with Gasteiger partial charge in [0.1, 0.15) is 16.9 Å². The average molecular weight is 383 g/mol. The van der Waals surface area contributed by atoms with Crippen molar-refractivity contribution in [2.24, 2.45) is 0 Å². The number of nitrogens with zero attached hydrogens (tertiary/aromatic N) is 1. The number of anilines is 1. The summed E-state index contributed by atoms with van der Waals surface area (Å²) in [5.41, 5.74) is 0.364. The van der Waals surface area contributed by atoms with Gasteiger partial charge in [-0.05, 0) is 52.2 Å². The molecule has 9 heteroatoms. The van der Waals surface area contributed by atoms with Crippen molar-refractivity contribution in [3.63, 3.8) is 0 Å². The molecule has 1 aliphatic carbocycles. The zero-order valence-electron chi connectivity index (χ0n) is 15.4. The van der Waals surface area contributed by atoms with Gasteiger partial charge in [-0.2, -0.15) is 13.8 Å². The maximum Gasteiger partial charge on any atom is 0.407 e. The van der Waals surface area contributed by atoms with E-state index < -0.39 is 18.3 Å². The molecule has 0 aliphatic heterocycles. The minimum Gasteiger partial charge on any atom is -0.444 e. The third-order valence-corrected chi connectivity index (χ3v) is 4.07. The Labute approximate surface area is 155 Å². The predicted molar refractivity (Wildman–Crippen MR) is 95.1 cm³/mol. The van der Waals surface area contributed by atoms with Crippen molar-refractivity contribution < 1.29 is 27.5 Å². The highest BCUT2D eigenvalue weighted by Crippen LogP contribution is 2.28. The normalized spacial score (nSPS) is 20.1. The van der Waals surface area contributed by atoms with Gasteiger partial charge in [0, 0.05) is 18.2 Å². The maximum absolute atomic E-state index is 12.3. The van der Waals surface area contributed by atoms with E-state index in [9.17, 15) is 13.6 Å². The van der Waals surface area contributed by atoms with Crippen LogP contribution in [0.4, 0.5) is 19.6 Å². The second kappa shape index (κ2) is 7.58. The second-order valence-corrected chi connectivity index (χ2v) is 7.52. The second-order valence-electron chi connectivity index (χ2n) is 7.52. The molecule has 7 nitrogen and oxygen atoms in total. The van der Waals surface area contributed by atoms with E-state index in [-0.39, 0.29) is 17.8 Å². The van der Waals surface area contributed by atoms with Crippen LogP contribution >= 0.6 is 0 Å². The summed E-state index contributed by atoms with van der Waals surface area (Å²) in [5, 5.41) is 6.05. The average Bonchev–Trinajstić information content (AvgIpc) is 3.10. The zero-order chi connectivity index (χ0) is 19.6. The lowest BCUT2D eigenvalue weighted by Crippen LogP contribution is -2.38. The number of carbonyl (C=O) groups excluding carboxylic acids is 1. The highest BCUT2D eigenvalue weighted by Gasteiger charge is 2.28. The lowest BCUT2D eigenvalue weighted by molar-refractivity contribution is -0.0497.